The van der Waals surface area contributed by atoms with Crippen molar-refractivity contribution < 1.29 is 0 Å². The molecule has 0 unspecified atom stereocenters. The van der Waals surface area contributed by atoms with Crippen LogP contribution in [-0.4, -0.2) is 19.9 Å². The van der Waals surface area contributed by atoms with Crippen LogP contribution in [0.25, 0.3) is 66.4 Å². The molecule has 0 amide bonds. The number of hydrogen-bond acceptors (Lipinski definition) is 4. The first-order valence-corrected chi connectivity index (χ1v) is 12.5. The normalized spacial score (nSPS) is 11.2. The van der Waals surface area contributed by atoms with Crippen molar-refractivity contribution in [3.05, 3.63) is 134 Å². The fourth-order valence-corrected chi connectivity index (χ4v) is 5.03. The molecule has 3 aromatic carbocycles. The van der Waals surface area contributed by atoms with Gasteiger partial charge in [0.2, 0.25) is 0 Å². The minimum Gasteiger partial charge on any atom is -0.265 e. The minimum absolute atomic E-state index is 0.911. The summed E-state index contributed by atoms with van der Waals surface area (Å²) >= 11 is 0. The van der Waals surface area contributed by atoms with Crippen LogP contribution in [0.1, 0.15) is 0 Å². The van der Waals surface area contributed by atoms with Crippen LogP contribution >= 0.6 is 0 Å². The third-order valence-corrected chi connectivity index (χ3v) is 6.94. The highest BCUT2D eigenvalue weighted by atomic mass is 14.7. The smallest absolute Gasteiger partial charge is 0.0780 e. The van der Waals surface area contributed by atoms with E-state index in [-0.39, 0.29) is 0 Å². The van der Waals surface area contributed by atoms with E-state index in [0.29, 0.717) is 0 Å². The van der Waals surface area contributed by atoms with Gasteiger partial charge < -0.3 is 0 Å². The second-order valence-electron chi connectivity index (χ2n) is 9.22. The van der Waals surface area contributed by atoms with Crippen molar-refractivity contribution in [2.75, 3.05) is 0 Å². The van der Waals surface area contributed by atoms with Gasteiger partial charge in [0.15, 0.2) is 0 Å². The van der Waals surface area contributed by atoms with Gasteiger partial charge in [-0.3, -0.25) is 15.0 Å². The van der Waals surface area contributed by atoms with Gasteiger partial charge in [-0.1, -0.05) is 60.7 Å². The van der Waals surface area contributed by atoms with Crippen molar-refractivity contribution in [1.29, 1.82) is 0 Å². The summed E-state index contributed by atoms with van der Waals surface area (Å²) in [6.07, 6.45) is 9.06. The molecule has 7 aromatic rings. The van der Waals surface area contributed by atoms with Crippen LogP contribution in [0.15, 0.2) is 134 Å². The van der Waals surface area contributed by atoms with Gasteiger partial charge in [0, 0.05) is 52.9 Å². The van der Waals surface area contributed by atoms with Crippen LogP contribution in [0.4, 0.5) is 0 Å². The van der Waals surface area contributed by atoms with Gasteiger partial charge in [-0.15, -0.1) is 0 Å². The molecule has 0 aliphatic carbocycles. The van der Waals surface area contributed by atoms with Crippen molar-refractivity contribution in [2.24, 2.45) is 0 Å². The Hall–Kier alpha value is -5.22. The van der Waals surface area contributed by atoms with E-state index < -0.39 is 0 Å². The summed E-state index contributed by atoms with van der Waals surface area (Å²) in [5.41, 5.74) is 9.54. The molecule has 0 N–H and O–H groups in total. The summed E-state index contributed by atoms with van der Waals surface area (Å²) in [5, 5.41) is 3.53. The number of rotatable bonds is 4. The summed E-state index contributed by atoms with van der Waals surface area (Å²) in [6.45, 7) is 0. The van der Waals surface area contributed by atoms with Gasteiger partial charge in [-0.05, 0) is 70.1 Å². The van der Waals surface area contributed by atoms with Crippen LogP contribution in [0.2, 0.25) is 0 Å². The molecule has 4 heteroatoms. The maximum atomic E-state index is 4.96. The Bertz CT molecular complexity index is 1840. The fraction of sp³-hybridized carbons (Fsp3) is 0. The van der Waals surface area contributed by atoms with Gasteiger partial charge in [-0.2, -0.15) is 0 Å². The number of nitrogens with zero attached hydrogens (tertiary/aromatic N) is 4. The van der Waals surface area contributed by atoms with Gasteiger partial charge in [0.1, 0.15) is 0 Å². The van der Waals surface area contributed by atoms with E-state index in [9.17, 15) is 0 Å². The second-order valence-corrected chi connectivity index (χ2v) is 9.22. The Morgan fingerprint density at radius 2 is 1.08 bits per heavy atom. The van der Waals surface area contributed by atoms with Crippen molar-refractivity contribution >= 4 is 21.7 Å². The van der Waals surface area contributed by atoms with E-state index in [1.165, 1.54) is 21.9 Å². The monoisotopic (exact) mass is 486 g/mol. The van der Waals surface area contributed by atoms with Crippen molar-refractivity contribution in [3.63, 3.8) is 0 Å². The summed E-state index contributed by atoms with van der Waals surface area (Å²) in [6, 6.07) is 35.9. The minimum atomic E-state index is 0.911. The fourth-order valence-electron chi connectivity index (χ4n) is 5.03. The molecule has 0 atom stereocenters. The molecule has 0 spiro atoms. The largest absolute Gasteiger partial charge is 0.265 e. The average molecular weight is 487 g/mol. The van der Waals surface area contributed by atoms with E-state index in [1.54, 1.807) is 24.8 Å². The van der Waals surface area contributed by atoms with Gasteiger partial charge in [0.05, 0.1) is 16.9 Å². The van der Waals surface area contributed by atoms with Crippen molar-refractivity contribution in [2.45, 2.75) is 0 Å². The predicted octanol–water partition coefficient (Wildman–Crippen LogP) is 8.24. The van der Waals surface area contributed by atoms with Crippen LogP contribution in [0, 0.1) is 0 Å². The maximum Gasteiger partial charge on any atom is 0.0780 e. The molecule has 0 saturated carbocycles. The number of fused-ring (bicyclic) bond motifs is 3. The van der Waals surface area contributed by atoms with E-state index >= 15 is 0 Å². The third-order valence-electron chi connectivity index (χ3n) is 6.94. The van der Waals surface area contributed by atoms with Crippen LogP contribution in [0.5, 0.6) is 0 Å². The maximum absolute atomic E-state index is 4.96. The first kappa shape index (κ1) is 22.0. The lowest BCUT2D eigenvalue weighted by molar-refractivity contribution is 1.27. The van der Waals surface area contributed by atoms with Crippen molar-refractivity contribution in [3.8, 4) is 44.8 Å². The molecule has 0 radical (unpaired) electrons. The number of benzene rings is 3. The number of aromatic nitrogens is 4. The summed E-state index contributed by atoms with van der Waals surface area (Å²) in [7, 11) is 0. The topological polar surface area (TPSA) is 51.6 Å². The molecule has 4 aromatic heterocycles. The lowest BCUT2D eigenvalue weighted by Gasteiger charge is -2.12. The molecule has 0 bridgehead atoms. The van der Waals surface area contributed by atoms with E-state index in [4.69, 9.17) is 4.98 Å². The number of pyridine rings is 4. The van der Waals surface area contributed by atoms with Gasteiger partial charge in [0.25, 0.3) is 0 Å². The molecular weight excluding hydrogens is 464 g/mol. The molecule has 0 saturated heterocycles. The molecular formula is C34H22N4. The molecule has 38 heavy (non-hydrogen) atoms. The van der Waals surface area contributed by atoms with Gasteiger partial charge in [-0.25, -0.2) is 4.98 Å². The van der Waals surface area contributed by atoms with Gasteiger partial charge >= 0.3 is 0 Å². The molecule has 4 heterocycles. The highest BCUT2D eigenvalue weighted by Gasteiger charge is 2.11. The zero-order valence-electron chi connectivity index (χ0n) is 20.5. The lowest BCUT2D eigenvalue weighted by atomic mass is 9.94. The summed E-state index contributed by atoms with van der Waals surface area (Å²) in [5.74, 6) is 0. The van der Waals surface area contributed by atoms with Crippen LogP contribution in [-0.2, 0) is 0 Å². The molecule has 178 valence electrons. The molecule has 0 fully saturated rings. The van der Waals surface area contributed by atoms with E-state index in [0.717, 1.165) is 44.5 Å². The highest BCUT2D eigenvalue weighted by Crippen LogP contribution is 2.35. The Labute approximate surface area is 220 Å². The first-order chi connectivity index (χ1) is 18.8. The summed E-state index contributed by atoms with van der Waals surface area (Å²) in [4.78, 5) is 18.0. The SMILES string of the molecule is c1cnc2c(c1)ccc1c(-c3ccc(-c4cc(-c5ccncc5)nc(-c5ccncc5)c4)cc3)cccc12. The van der Waals surface area contributed by atoms with Crippen molar-refractivity contribution in [1.82, 2.24) is 19.9 Å². The quantitative estimate of drug-likeness (QED) is 0.235. The molecule has 0 aliphatic rings. The highest BCUT2D eigenvalue weighted by molar-refractivity contribution is 6.10. The molecule has 0 aliphatic heterocycles. The molecule has 4 nitrogen and oxygen atoms in total. The second kappa shape index (κ2) is 9.34. The Morgan fingerprint density at radius 1 is 0.421 bits per heavy atom. The van der Waals surface area contributed by atoms with E-state index in [1.807, 2.05) is 36.5 Å². The Balaban J connectivity index is 1.33. The average Bonchev–Trinajstić information content (AvgIpc) is 3.01. The van der Waals surface area contributed by atoms with Crippen LogP contribution in [0.3, 0.4) is 0 Å². The zero-order valence-corrected chi connectivity index (χ0v) is 20.5. The standard InChI is InChI=1S/C34H22N4/c1-4-29(30-11-10-27-3-2-16-37-34(27)31(30)5-1)24-8-6-23(7-9-24)28-21-32(25-12-17-35-18-13-25)38-33(22-28)26-14-19-36-20-15-26/h1-22H. The van der Waals surface area contributed by atoms with E-state index in [2.05, 4.69) is 87.7 Å². The summed E-state index contributed by atoms with van der Waals surface area (Å²) < 4.78 is 0. The zero-order chi connectivity index (χ0) is 25.3. The molecule has 7 rings (SSSR count). The Morgan fingerprint density at radius 3 is 1.76 bits per heavy atom. The predicted molar refractivity (Wildman–Crippen MR) is 154 cm³/mol. The van der Waals surface area contributed by atoms with Crippen LogP contribution < -0.4 is 0 Å². The number of hydrogen-bond donors (Lipinski definition) is 0. The third kappa shape index (κ3) is 3.98. The Kier molecular flexibility index (Phi) is 5.41. The lowest BCUT2D eigenvalue weighted by Crippen LogP contribution is -1.92. The first-order valence-electron chi connectivity index (χ1n) is 12.5.